The molecule has 2 aromatic rings. The Hall–Kier alpha value is -2.17. The SMILES string of the molecule is C=CCc1ccccc1OCC(O)CNCc1cccnc1. The van der Waals surface area contributed by atoms with E-state index < -0.39 is 6.10 Å². The van der Waals surface area contributed by atoms with E-state index >= 15 is 0 Å². The molecule has 0 aliphatic carbocycles. The van der Waals surface area contributed by atoms with Crippen molar-refractivity contribution in [2.45, 2.75) is 19.1 Å². The summed E-state index contributed by atoms with van der Waals surface area (Å²) >= 11 is 0. The van der Waals surface area contributed by atoms with Crippen molar-refractivity contribution in [1.82, 2.24) is 10.3 Å². The second-order valence-electron chi connectivity index (χ2n) is 5.06. The molecule has 4 nitrogen and oxygen atoms in total. The molecule has 0 bridgehead atoms. The lowest BCUT2D eigenvalue weighted by Gasteiger charge is -2.15. The molecule has 0 saturated carbocycles. The van der Waals surface area contributed by atoms with Crippen LogP contribution >= 0.6 is 0 Å². The summed E-state index contributed by atoms with van der Waals surface area (Å²) in [5.74, 6) is 0.800. The van der Waals surface area contributed by atoms with Gasteiger partial charge in [-0.15, -0.1) is 6.58 Å². The van der Waals surface area contributed by atoms with Crippen molar-refractivity contribution in [2.24, 2.45) is 0 Å². The zero-order valence-electron chi connectivity index (χ0n) is 12.6. The molecule has 0 radical (unpaired) electrons. The number of aromatic nitrogens is 1. The topological polar surface area (TPSA) is 54.4 Å². The summed E-state index contributed by atoms with van der Waals surface area (Å²) in [6.45, 7) is 5.15. The molecule has 0 fully saturated rings. The van der Waals surface area contributed by atoms with Gasteiger partial charge in [-0.1, -0.05) is 30.3 Å². The number of allylic oxidation sites excluding steroid dienone is 1. The average Bonchev–Trinajstić information content (AvgIpc) is 2.55. The highest BCUT2D eigenvalue weighted by molar-refractivity contribution is 5.34. The Kier molecular flexibility index (Phi) is 6.61. The van der Waals surface area contributed by atoms with Crippen LogP contribution in [0.1, 0.15) is 11.1 Å². The molecule has 116 valence electrons. The smallest absolute Gasteiger partial charge is 0.122 e. The van der Waals surface area contributed by atoms with Gasteiger partial charge in [0.2, 0.25) is 0 Å². The van der Waals surface area contributed by atoms with Crippen molar-refractivity contribution >= 4 is 0 Å². The third-order valence-electron chi connectivity index (χ3n) is 3.20. The van der Waals surface area contributed by atoms with Gasteiger partial charge >= 0.3 is 0 Å². The minimum Gasteiger partial charge on any atom is -0.491 e. The molecule has 4 heteroatoms. The van der Waals surface area contributed by atoms with Crippen LogP contribution in [0.5, 0.6) is 5.75 Å². The fourth-order valence-corrected chi connectivity index (χ4v) is 2.10. The maximum atomic E-state index is 9.99. The van der Waals surface area contributed by atoms with Crippen LogP contribution < -0.4 is 10.1 Å². The third kappa shape index (κ3) is 5.31. The van der Waals surface area contributed by atoms with E-state index in [2.05, 4.69) is 16.9 Å². The van der Waals surface area contributed by atoms with E-state index in [0.717, 1.165) is 23.3 Å². The number of para-hydroxylation sites is 1. The molecular formula is C18H22N2O2. The minimum atomic E-state index is -0.562. The second kappa shape index (κ2) is 8.97. The quantitative estimate of drug-likeness (QED) is 0.698. The van der Waals surface area contributed by atoms with Crippen molar-refractivity contribution in [2.75, 3.05) is 13.2 Å². The first-order chi connectivity index (χ1) is 10.8. The largest absolute Gasteiger partial charge is 0.491 e. The molecule has 1 aromatic carbocycles. The van der Waals surface area contributed by atoms with Gasteiger partial charge in [0.05, 0.1) is 0 Å². The van der Waals surface area contributed by atoms with E-state index in [9.17, 15) is 5.11 Å². The van der Waals surface area contributed by atoms with Crippen LogP contribution in [0.15, 0.2) is 61.4 Å². The molecule has 0 aliphatic heterocycles. The second-order valence-corrected chi connectivity index (χ2v) is 5.06. The van der Waals surface area contributed by atoms with Gasteiger partial charge < -0.3 is 15.2 Å². The van der Waals surface area contributed by atoms with Gasteiger partial charge in [0.15, 0.2) is 0 Å². The Bertz CT molecular complexity index is 572. The number of hydrogen-bond donors (Lipinski definition) is 2. The average molecular weight is 298 g/mol. The van der Waals surface area contributed by atoms with Crippen molar-refractivity contribution < 1.29 is 9.84 Å². The number of aliphatic hydroxyl groups excluding tert-OH is 1. The fourth-order valence-electron chi connectivity index (χ4n) is 2.10. The van der Waals surface area contributed by atoms with Crippen LogP contribution in [0.3, 0.4) is 0 Å². The normalized spacial score (nSPS) is 11.9. The van der Waals surface area contributed by atoms with E-state index in [1.807, 2.05) is 42.5 Å². The summed E-state index contributed by atoms with van der Waals surface area (Å²) in [6.07, 6.45) is 5.59. The van der Waals surface area contributed by atoms with Gasteiger partial charge in [-0.05, 0) is 29.7 Å². The number of nitrogens with zero attached hydrogens (tertiary/aromatic N) is 1. The number of nitrogens with one attached hydrogen (secondary N) is 1. The molecule has 1 unspecified atom stereocenters. The Morgan fingerprint density at radius 1 is 1.27 bits per heavy atom. The fraction of sp³-hybridized carbons (Fsp3) is 0.278. The lowest BCUT2D eigenvalue weighted by atomic mass is 10.1. The zero-order valence-corrected chi connectivity index (χ0v) is 12.6. The van der Waals surface area contributed by atoms with Crippen LogP contribution in [0, 0.1) is 0 Å². The van der Waals surface area contributed by atoms with E-state index in [4.69, 9.17) is 4.74 Å². The van der Waals surface area contributed by atoms with E-state index in [-0.39, 0.29) is 6.61 Å². The van der Waals surface area contributed by atoms with E-state index in [0.29, 0.717) is 13.1 Å². The van der Waals surface area contributed by atoms with Crippen LogP contribution in [0.4, 0.5) is 0 Å². The maximum absolute atomic E-state index is 9.99. The summed E-state index contributed by atoms with van der Waals surface area (Å²) in [5, 5.41) is 13.2. The van der Waals surface area contributed by atoms with E-state index in [1.165, 1.54) is 0 Å². The molecular weight excluding hydrogens is 276 g/mol. The van der Waals surface area contributed by atoms with Gasteiger partial charge in [-0.25, -0.2) is 0 Å². The Balaban J connectivity index is 1.73. The minimum absolute atomic E-state index is 0.258. The molecule has 0 aliphatic rings. The number of pyridine rings is 1. The zero-order chi connectivity index (χ0) is 15.6. The molecule has 2 rings (SSSR count). The molecule has 0 amide bonds. The number of hydrogen-bond acceptors (Lipinski definition) is 4. The number of ether oxygens (including phenoxy) is 1. The van der Waals surface area contributed by atoms with Crippen molar-refractivity contribution in [3.63, 3.8) is 0 Å². The van der Waals surface area contributed by atoms with E-state index in [1.54, 1.807) is 12.4 Å². The van der Waals surface area contributed by atoms with Gasteiger partial charge in [0.25, 0.3) is 0 Å². The van der Waals surface area contributed by atoms with Crippen molar-refractivity contribution in [3.05, 3.63) is 72.6 Å². The first-order valence-corrected chi connectivity index (χ1v) is 7.39. The Labute approximate surface area is 131 Å². The molecule has 22 heavy (non-hydrogen) atoms. The molecule has 0 saturated heterocycles. The summed E-state index contributed by atoms with van der Waals surface area (Å²) < 4.78 is 5.70. The van der Waals surface area contributed by atoms with Crippen LogP contribution in [-0.4, -0.2) is 29.3 Å². The van der Waals surface area contributed by atoms with Gasteiger partial charge in [0.1, 0.15) is 18.5 Å². The standard InChI is InChI=1S/C18H22N2O2/c1-2-6-16-8-3-4-9-18(16)22-14-17(21)13-20-12-15-7-5-10-19-11-15/h2-5,7-11,17,20-21H,1,6,12-14H2. The van der Waals surface area contributed by atoms with Crippen LogP contribution in [-0.2, 0) is 13.0 Å². The Morgan fingerprint density at radius 2 is 2.14 bits per heavy atom. The predicted molar refractivity (Wildman–Crippen MR) is 87.8 cm³/mol. The maximum Gasteiger partial charge on any atom is 0.122 e. The third-order valence-corrected chi connectivity index (χ3v) is 3.20. The van der Waals surface area contributed by atoms with Crippen LogP contribution in [0.2, 0.25) is 0 Å². The summed E-state index contributed by atoms with van der Waals surface area (Å²) in [5.41, 5.74) is 2.17. The van der Waals surface area contributed by atoms with Gasteiger partial charge in [-0.3, -0.25) is 4.98 Å². The Morgan fingerprint density at radius 3 is 2.91 bits per heavy atom. The van der Waals surface area contributed by atoms with Gasteiger partial charge in [0, 0.05) is 25.5 Å². The summed E-state index contributed by atoms with van der Waals surface area (Å²) in [4.78, 5) is 4.05. The number of aliphatic hydroxyl groups is 1. The summed E-state index contributed by atoms with van der Waals surface area (Å²) in [6, 6.07) is 11.7. The first kappa shape index (κ1) is 16.2. The monoisotopic (exact) mass is 298 g/mol. The lowest BCUT2D eigenvalue weighted by Crippen LogP contribution is -2.31. The first-order valence-electron chi connectivity index (χ1n) is 7.39. The number of benzene rings is 1. The molecule has 2 N–H and O–H groups in total. The molecule has 0 spiro atoms. The molecule has 1 atom stereocenters. The highest BCUT2D eigenvalue weighted by atomic mass is 16.5. The lowest BCUT2D eigenvalue weighted by molar-refractivity contribution is 0.106. The highest BCUT2D eigenvalue weighted by Gasteiger charge is 2.07. The highest BCUT2D eigenvalue weighted by Crippen LogP contribution is 2.18. The van der Waals surface area contributed by atoms with Gasteiger partial charge in [-0.2, -0.15) is 0 Å². The summed E-state index contributed by atoms with van der Waals surface area (Å²) in [7, 11) is 0. The number of rotatable bonds is 9. The predicted octanol–water partition coefficient (Wildman–Crippen LogP) is 2.34. The van der Waals surface area contributed by atoms with Crippen molar-refractivity contribution in [1.29, 1.82) is 0 Å². The molecule has 1 heterocycles. The van der Waals surface area contributed by atoms with Crippen molar-refractivity contribution in [3.8, 4) is 5.75 Å². The van der Waals surface area contributed by atoms with Crippen LogP contribution in [0.25, 0.3) is 0 Å². The molecule has 1 aromatic heterocycles.